The number of furan rings is 1. The number of piperazine rings is 1. The van der Waals surface area contributed by atoms with E-state index in [1.165, 1.54) is 0 Å². The maximum atomic E-state index is 12.5. The van der Waals surface area contributed by atoms with Gasteiger partial charge in [0, 0.05) is 31.2 Å². The smallest absolute Gasteiger partial charge is 0.227 e. The molecule has 0 saturated carbocycles. The van der Waals surface area contributed by atoms with Gasteiger partial charge in [-0.05, 0) is 35.9 Å². The third-order valence-corrected chi connectivity index (χ3v) is 5.05. The van der Waals surface area contributed by atoms with E-state index in [9.17, 15) is 4.79 Å². The molecule has 1 saturated heterocycles. The van der Waals surface area contributed by atoms with Crippen molar-refractivity contribution < 1.29 is 9.21 Å². The number of aromatic nitrogens is 2. The summed E-state index contributed by atoms with van der Waals surface area (Å²) in [6.45, 7) is 2.77. The van der Waals surface area contributed by atoms with Gasteiger partial charge in [0.2, 0.25) is 5.91 Å². The van der Waals surface area contributed by atoms with Crippen molar-refractivity contribution in [1.82, 2.24) is 15.1 Å². The molecule has 138 valence electrons. The predicted octanol–water partition coefficient (Wildman–Crippen LogP) is 3.28. The number of amides is 1. The minimum atomic E-state index is 0.0991. The Labute approximate surface area is 162 Å². The van der Waals surface area contributed by atoms with Gasteiger partial charge in [0.25, 0.3) is 0 Å². The van der Waals surface area contributed by atoms with Crippen LogP contribution < -0.4 is 4.90 Å². The molecule has 3 aromatic rings. The molecule has 27 heavy (non-hydrogen) atoms. The molecular formula is C20H19ClN4O2. The van der Waals surface area contributed by atoms with E-state index in [0.717, 1.165) is 24.5 Å². The van der Waals surface area contributed by atoms with Gasteiger partial charge in [-0.3, -0.25) is 4.79 Å². The van der Waals surface area contributed by atoms with E-state index in [1.807, 2.05) is 53.4 Å². The first kappa shape index (κ1) is 17.5. The molecule has 0 aliphatic carbocycles. The summed E-state index contributed by atoms with van der Waals surface area (Å²) >= 11 is 6.16. The second-order valence-corrected chi connectivity index (χ2v) is 6.80. The molecule has 0 atom stereocenters. The Morgan fingerprint density at radius 2 is 1.81 bits per heavy atom. The number of carbonyl (C=O) groups excluding carboxylic acids is 1. The van der Waals surface area contributed by atoms with E-state index in [4.69, 9.17) is 16.0 Å². The number of anilines is 1. The van der Waals surface area contributed by atoms with Crippen molar-refractivity contribution in [2.45, 2.75) is 6.42 Å². The molecule has 7 heteroatoms. The van der Waals surface area contributed by atoms with Crippen LogP contribution in [-0.4, -0.2) is 47.2 Å². The lowest BCUT2D eigenvalue weighted by molar-refractivity contribution is -0.130. The monoisotopic (exact) mass is 382 g/mol. The van der Waals surface area contributed by atoms with E-state index < -0.39 is 0 Å². The number of hydrogen-bond acceptors (Lipinski definition) is 5. The van der Waals surface area contributed by atoms with Crippen molar-refractivity contribution in [3.63, 3.8) is 0 Å². The molecule has 0 radical (unpaired) electrons. The number of hydrogen-bond donors (Lipinski definition) is 0. The summed E-state index contributed by atoms with van der Waals surface area (Å²) < 4.78 is 5.33. The highest BCUT2D eigenvalue weighted by Crippen LogP contribution is 2.20. The first-order valence-corrected chi connectivity index (χ1v) is 9.22. The lowest BCUT2D eigenvalue weighted by Crippen LogP contribution is -2.49. The average Bonchev–Trinajstić information content (AvgIpc) is 3.25. The molecule has 2 aromatic heterocycles. The summed E-state index contributed by atoms with van der Waals surface area (Å²) in [5.41, 5.74) is 1.57. The van der Waals surface area contributed by atoms with Gasteiger partial charge in [0.05, 0.1) is 12.7 Å². The van der Waals surface area contributed by atoms with E-state index in [2.05, 4.69) is 15.1 Å². The first-order chi connectivity index (χ1) is 13.2. The Morgan fingerprint density at radius 3 is 2.48 bits per heavy atom. The van der Waals surface area contributed by atoms with Crippen LogP contribution in [0.1, 0.15) is 5.56 Å². The fourth-order valence-electron chi connectivity index (χ4n) is 3.15. The molecule has 3 heterocycles. The maximum Gasteiger partial charge on any atom is 0.227 e. The summed E-state index contributed by atoms with van der Waals surface area (Å²) in [5, 5.41) is 9.17. The second-order valence-electron chi connectivity index (χ2n) is 6.39. The van der Waals surface area contributed by atoms with Crippen molar-refractivity contribution in [2.75, 3.05) is 31.1 Å². The summed E-state index contributed by atoms with van der Waals surface area (Å²) in [5.74, 6) is 1.61. The quantitative estimate of drug-likeness (QED) is 0.693. The molecule has 4 rings (SSSR count). The molecule has 0 N–H and O–H groups in total. The Kier molecular flexibility index (Phi) is 5.07. The zero-order chi connectivity index (χ0) is 18.6. The molecule has 6 nitrogen and oxygen atoms in total. The number of halogens is 1. The average molecular weight is 383 g/mol. The van der Waals surface area contributed by atoms with Crippen molar-refractivity contribution >= 4 is 23.3 Å². The lowest BCUT2D eigenvalue weighted by Gasteiger charge is -2.35. The third-order valence-electron chi connectivity index (χ3n) is 4.68. The van der Waals surface area contributed by atoms with Gasteiger partial charge in [-0.1, -0.05) is 29.8 Å². The van der Waals surface area contributed by atoms with Crippen LogP contribution in [0.3, 0.4) is 0 Å². The first-order valence-electron chi connectivity index (χ1n) is 8.84. The van der Waals surface area contributed by atoms with E-state index in [-0.39, 0.29) is 5.91 Å². The fourth-order valence-corrected chi connectivity index (χ4v) is 3.35. The normalized spacial score (nSPS) is 14.4. The zero-order valence-corrected chi connectivity index (χ0v) is 15.5. The summed E-state index contributed by atoms with van der Waals surface area (Å²) in [6.07, 6.45) is 1.95. The second kappa shape index (κ2) is 7.80. The van der Waals surface area contributed by atoms with Gasteiger partial charge in [-0.2, -0.15) is 0 Å². The van der Waals surface area contributed by atoms with Crippen LogP contribution in [0.4, 0.5) is 5.82 Å². The number of rotatable bonds is 4. The lowest BCUT2D eigenvalue weighted by atomic mass is 10.1. The molecule has 1 aliphatic rings. The van der Waals surface area contributed by atoms with Crippen LogP contribution in [0.5, 0.6) is 0 Å². The number of benzene rings is 1. The molecule has 0 unspecified atom stereocenters. The Morgan fingerprint density at radius 1 is 1.00 bits per heavy atom. The molecule has 1 fully saturated rings. The Balaban J connectivity index is 1.34. The largest absolute Gasteiger partial charge is 0.463 e. The minimum absolute atomic E-state index is 0.0991. The highest BCUT2D eigenvalue weighted by molar-refractivity contribution is 6.31. The van der Waals surface area contributed by atoms with Gasteiger partial charge in [0.1, 0.15) is 5.69 Å². The maximum absolute atomic E-state index is 12.5. The SMILES string of the molecule is O=C(Cc1ccccc1Cl)N1CCN(c2ccc(-c3ccco3)nn2)CC1. The molecule has 0 spiro atoms. The van der Waals surface area contributed by atoms with E-state index in [0.29, 0.717) is 36.0 Å². The molecule has 1 aromatic carbocycles. The third kappa shape index (κ3) is 3.95. The molecule has 0 bridgehead atoms. The molecule has 1 amide bonds. The fraction of sp³-hybridized carbons (Fsp3) is 0.250. The predicted molar refractivity (Wildman–Crippen MR) is 104 cm³/mol. The standard InChI is InChI=1S/C20H19ClN4O2/c21-16-5-2-1-4-15(16)14-20(26)25-11-9-24(10-12-25)19-8-7-17(22-23-19)18-6-3-13-27-18/h1-8,13H,9-12,14H2. The Hall–Kier alpha value is -2.86. The van der Waals surface area contributed by atoms with Crippen molar-refractivity contribution in [2.24, 2.45) is 0 Å². The van der Waals surface area contributed by atoms with Gasteiger partial charge in [-0.15, -0.1) is 10.2 Å². The van der Waals surface area contributed by atoms with Crippen LogP contribution in [0.15, 0.2) is 59.2 Å². The highest BCUT2D eigenvalue weighted by Gasteiger charge is 2.22. The van der Waals surface area contributed by atoms with Gasteiger partial charge in [-0.25, -0.2) is 0 Å². The molecule has 1 aliphatic heterocycles. The van der Waals surface area contributed by atoms with Crippen LogP contribution in [0.2, 0.25) is 5.02 Å². The summed E-state index contributed by atoms with van der Waals surface area (Å²) in [7, 11) is 0. The van der Waals surface area contributed by atoms with Gasteiger partial charge < -0.3 is 14.2 Å². The van der Waals surface area contributed by atoms with E-state index in [1.54, 1.807) is 6.26 Å². The van der Waals surface area contributed by atoms with Crippen LogP contribution in [0.25, 0.3) is 11.5 Å². The zero-order valence-electron chi connectivity index (χ0n) is 14.7. The van der Waals surface area contributed by atoms with E-state index >= 15 is 0 Å². The van der Waals surface area contributed by atoms with Crippen molar-refractivity contribution in [3.8, 4) is 11.5 Å². The van der Waals surface area contributed by atoms with Crippen LogP contribution >= 0.6 is 11.6 Å². The van der Waals surface area contributed by atoms with Gasteiger partial charge >= 0.3 is 0 Å². The summed E-state index contributed by atoms with van der Waals surface area (Å²) in [4.78, 5) is 16.6. The van der Waals surface area contributed by atoms with Gasteiger partial charge in [0.15, 0.2) is 11.6 Å². The van der Waals surface area contributed by atoms with Crippen molar-refractivity contribution in [1.29, 1.82) is 0 Å². The molecular weight excluding hydrogens is 364 g/mol. The number of nitrogens with zero attached hydrogens (tertiary/aromatic N) is 4. The van der Waals surface area contributed by atoms with Crippen LogP contribution in [0, 0.1) is 0 Å². The van der Waals surface area contributed by atoms with Crippen LogP contribution in [-0.2, 0) is 11.2 Å². The van der Waals surface area contributed by atoms with Crippen molar-refractivity contribution in [3.05, 3.63) is 65.4 Å². The highest BCUT2D eigenvalue weighted by atomic mass is 35.5. The topological polar surface area (TPSA) is 62.5 Å². The summed E-state index contributed by atoms with van der Waals surface area (Å²) in [6, 6.07) is 15.0. The minimum Gasteiger partial charge on any atom is -0.463 e. The number of carbonyl (C=O) groups is 1. The Bertz CT molecular complexity index is 904.